The van der Waals surface area contributed by atoms with Gasteiger partial charge in [0.15, 0.2) is 5.75 Å². The molecule has 0 radical (unpaired) electrons. The number of imide groups is 1. The molecule has 2 heterocycles. The van der Waals surface area contributed by atoms with Gasteiger partial charge in [0, 0.05) is 12.3 Å². The molecular formula is C15H9Cl2F3N4O3. The second-order valence-corrected chi connectivity index (χ2v) is 6.11. The predicted octanol–water partition coefficient (Wildman–Crippen LogP) is 3.76. The van der Waals surface area contributed by atoms with Gasteiger partial charge in [-0.1, -0.05) is 23.2 Å². The van der Waals surface area contributed by atoms with Crippen molar-refractivity contribution in [2.45, 2.75) is 6.18 Å². The normalized spacial score (nSPS) is 14.6. The molecule has 1 aromatic heterocycles. The van der Waals surface area contributed by atoms with Crippen molar-refractivity contribution in [3.63, 3.8) is 0 Å². The Morgan fingerprint density at radius 3 is 2.33 bits per heavy atom. The second kappa shape index (κ2) is 7.12. The molecule has 142 valence electrons. The molecule has 1 saturated heterocycles. The lowest BCUT2D eigenvalue weighted by atomic mass is 10.2. The van der Waals surface area contributed by atoms with E-state index in [0.717, 1.165) is 12.1 Å². The van der Waals surface area contributed by atoms with Crippen LogP contribution in [-0.4, -0.2) is 23.5 Å². The molecule has 1 aliphatic heterocycles. The van der Waals surface area contributed by atoms with Crippen LogP contribution in [0.4, 0.5) is 23.7 Å². The van der Waals surface area contributed by atoms with E-state index in [1.54, 1.807) is 0 Å². The fourth-order valence-electron chi connectivity index (χ4n) is 2.17. The second-order valence-electron chi connectivity index (χ2n) is 5.30. The maximum absolute atomic E-state index is 12.6. The maximum Gasteiger partial charge on any atom is 0.417 e. The first-order chi connectivity index (χ1) is 12.6. The number of hydrazine groups is 1. The largest absolute Gasteiger partial charge is 0.436 e. The van der Waals surface area contributed by atoms with Gasteiger partial charge < -0.3 is 4.74 Å². The van der Waals surface area contributed by atoms with Gasteiger partial charge in [-0.05, 0) is 18.2 Å². The maximum atomic E-state index is 12.6. The van der Waals surface area contributed by atoms with Gasteiger partial charge in [0.05, 0.1) is 21.3 Å². The van der Waals surface area contributed by atoms with E-state index in [2.05, 4.69) is 15.7 Å². The number of rotatable bonds is 3. The van der Waals surface area contributed by atoms with Crippen LogP contribution in [0.25, 0.3) is 0 Å². The number of aromatic nitrogens is 1. The lowest BCUT2D eigenvalue weighted by Gasteiger charge is -2.29. The topological polar surface area (TPSA) is 83.6 Å². The van der Waals surface area contributed by atoms with Crippen molar-refractivity contribution >= 4 is 40.8 Å². The third-order valence-corrected chi connectivity index (χ3v) is 3.92. The van der Waals surface area contributed by atoms with Crippen molar-refractivity contribution in [3.8, 4) is 11.6 Å². The zero-order chi connectivity index (χ0) is 19.8. The molecule has 2 aromatic rings. The number of halogens is 5. The molecule has 0 bridgehead atoms. The number of amides is 3. The molecule has 1 aromatic carbocycles. The summed E-state index contributed by atoms with van der Waals surface area (Å²) in [4.78, 5) is 26.4. The Kier molecular flexibility index (Phi) is 5.03. The summed E-state index contributed by atoms with van der Waals surface area (Å²) < 4.78 is 43.1. The first-order valence-electron chi connectivity index (χ1n) is 7.21. The highest BCUT2D eigenvalue weighted by atomic mass is 35.5. The third kappa shape index (κ3) is 4.34. The van der Waals surface area contributed by atoms with Crippen LogP contribution in [0.1, 0.15) is 5.56 Å². The minimum Gasteiger partial charge on any atom is -0.436 e. The first kappa shape index (κ1) is 19.1. The highest BCUT2D eigenvalue weighted by molar-refractivity contribution is 6.37. The van der Waals surface area contributed by atoms with Gasteiger partial charge >= 0.3 is 12.2 Å². The first-order valence-corrected chi connectivity index (χ1v) is 7.97. The number of anilines is 1. The Morgan fingerprint density at radius 1 is 1.15 bits per heavy atom. The van der Waals surface area contributed by atoms with E-state index >= 15 is 0 Å². The number of nitrogens with zero attached hydrogens (tertiary/aromatic N) is 2. The van der Waals surface area contributed by atoms with Crippen molar-refractivity contribution in [1.82, 2.24) is 15.7 Å². The summed E-state index contributed by atoms with van der Waals surface area (Å²) in [6.07, 6.45) is -3.90. The Labute approximate surface area is 160 Å². The smallest absolute Gasteiger partial charge is 0.417 e. The number of carbonyl (C=O) groups is 2. The monoisotopic (exact) mass is 420 g/mol. The summed E-state index contributed by atoms with van der Waals surface area (Å²) in [6, 6.07) is 3.85. The van der Waals surface area contributed by atoms with E-state index in [9.17, 15) is 22.8 Å². The molecule has 7 nitrogen and oxygen atoms in total. The Balaban J connectivity index is 1.83. The number of hydrogen-bond acceptors (Lipinski definition) is 5. The van der Waals surface area contributed by atoms with Gasteiger partial charge in [-0.25, -0.2) is 15.2 Å². The van der Waals surface area contributed by atoms with Crippen LogP contribution in [0, 0.1) is 0 Å². The number of hydrogen-bond donors (Lipinski definition) is 2. The molecular weight excluding hydrogens is 412 g/mol. The van der Waals surface area contributed by atoms with Gasteiger partial charge in [-0.15, -0.1) is 0 Å². The summed E-state index contributed by atoms with van der Waals surface area (Å²) in [5.41, 5.74) is 1.77. The molecule has 12 heteroatoms. The molecule has 0 aliphatic carbocycles. The number of carbonyl (C=O) groups excluding carboxylic acids is 2. The molecule has 27 heavy (non-hydrogen) atoms. The average Bonchev–Trinajstić information content (AvgIpc) is 2.56. The van der Waals surface area contributed by atoms with Crippen molar-refractivity contribution in [3.05, 3.63) is 46.1 Å². The van der Waals surface area contributed by atoms with Crippen LogP contribution >= 0.6 is 23.2 Å². The standard InChI is InChI=1S/C15H9Cl2F3N4O3/c16-9-3-8(24-6-11(25)22-14(26)23-24)4-10(17)13(9)27-12-2-1-7(5-21-12)15(18,19)20/h1-5H,6H2,(H2,22,23,25,26). The SMILES string of the molecule is O=C1CN(c2cc(Cl)c(Oc3ccc(C(F)(F)F)cn3)c(Cl)c2)NC(=O)N1. The van der Waals surface area contributed by atoms with E-state index in [-0.39, 0.29) is 28.2 Å². The quantitative estimate of drug-likeness (QED) is 0.789. The highest BCUT2D eigenvalue weighted by Gasteiger charge is 2.31. The minimum atomic E-state index is -4.52. The summed E-state index contributed by atoms with van der Waals surface area (Å²) >= 11 is 12.2. The Hall–Kier alpha value is -2.72. The van der Waals surface area contributed by atoms with Crippen molar-refractivity contribution in [2.75, 3.05) is 11.6 Å². The average molecular weight is 421 g/mol. The molecule has 0 spiro atoms. The Morgan fingerprint density at radius 2 is 1.81 bits per heavy atom. The van der Waals surface area contributed by atoms with E-state index in [1.807, 2.05) is 0 Å². The number of alkyl halides is 3. The number of ether oxygens (including phenoxy) is 1. The fraction of sp³-hybridized carbons (Fsp3) is 0.133. The Bertz CT molecular complexity index is 867. The summed E-state index contributed by atoms with van der Waals surface area (Å²) in [7, 11) is 0. The summed E-state index contributed by atoms with van der Waals surface area (Å²) in [6.45, 7) is -0.168. The van der Waals surface area contributed by atoms with Crippen LogP contribution in [0.3, 0.4) is 0 Å². The van der Waals surface area contributed by atoms with Gasteiger partial charge in [0.1, 0.15) is 6.54 Å². The van der Waals surface area contributed by atoms with Crippen LogP contribution in [-0.2, 0) is 11.0 Å². The van der Waals surface area contributed by atoms with Crippen LogP contribution in [0.15, 0.2) is 30.5 Å². The fourth-order valence-corrected chi connectivity index (χ4v) is 2.72. The number of nitrogens with one attached hydrogen (secondary N) is 2. The number of pyridine rings is 1. The van der Waals surface area contributed by atoms with Crippen molar-refractivity contribution in [1.29, 1.82) is 0 Å². The zero-order valence-electron chi connectivity index (χ0n) is 13.1. The molecule has 2 N–H and O–H groups in total. The minimum absolute atomic E-state index is 0.000529. The molecule has 3 rings (SSSR count). The molecule has 0 atom stereocenters. The molecule has 3 amide bonds. The number of urea groups is 1. The number of benzene rings is 1. The van der Waals surface area contributed by atoms with Crippen LogP contribution in [0.5, 0.6) is 11.6 Å². The van der Waals surface area contributed by atoms with Crippen molar-refractivity contribution < 1.29 is 27.5 Å². The van der Waals surface area contributed by atoms with Crippen LogP contribution < -0.4 is 20.5 Å². The third-order valence-electron chi connectivity index (χ3n) is 3.36. The molecule has 1 aliphatic rings. The van der Waals surface area contributed by atoms with Crippen LogP contribution in [0.2, 0.25) is 10.0 Å². The highest BCUT2D eigenvalue weighted by Crippen LogP contribution is 2.39. The summed E-state index contributed by atoms with van der Waals surface area (Å²) in [5, 5.41) is 3.28. The van der Waals surface area contributed by atoms with Gasteiger partial charge in [-0.3, -0.25) is 15.1 Å². The molecule has 1 fully saturated rings. The van der Waals surface area contributed by atoms with E-state index in [1.165, 1.54) is 17.1 Å². The predicted molar refractivity (Wildman–Crippen MR) is 89.8 cm³/mol. The van der Waals surface area contributed by atoms with E-state index in [0.29, 0.717) is 11.9 Å². The lowest BCUT2D eigenvalue weighted by molar-refractivity contribution is -0.137. The van der Waals surface area contributed by atoms with Gasteiger partial charge in [0.25, 0.3) is 0 Å². The molecule has 0 saturated carbocycles. The van der Waals surface area contributed by atoms with Gasteiger partial charge in [0.2, 0.25) is 11.8 Å². The molecule has 0 unspecified atom stereocenters. The summed E-state index contributed by atoms with van der Waals surface area (Å²) in [5.74, 6) is -0.715. The van der Waals surface area contributed by atoms with Crippen molar-refractivity contribution in [2.24, 2.45) is 0 Å². The lowest BCUT2D eigenvalue weighted by Crippen LogP contribution is -2.59. The van der Waals surface area contributed by atoms with Gasteiger partial charge in [-0.2, -0.15) is 13.2 Å². The van der Waals surface area contributed by atoms with E-state index in [4.69, 9.17) is 27.9 Å². The van der Waals surface area contributed by atoms with E-state index < -0.39 is 23.7 Å². The zero-order valence-corrected chi connectivity index (χ0v) is 14.6.